The summed E-state index contributed by atoms with van der Waals surface area (Å²) in [4.78, 5) is 15.1. The van der Waals surface area contributed by atoms with E-state index in [2.05, 4.69) is 10.1 Å². The number of aromatic carboxylic acids is 1. The molecule has 0 aliphatic carbocycles. The second-order valence-corrected chi connectivity index (χ2v) is 7.23. The lowest BCUT2D eigenvalue weighted by molar-refractivity contribution is -0.143. The molecule has 0 saturated carbocycles. The maximum Gasteiger partial charge on any atom is 0.434 e. The van der Waals surface area contributed by atoms with Gasteiger partial charge in [0, 0.05) is 5.38 Å². The molecule has 3 rings (SSSR count). The molecule has 1 N–H and O–H groups in total. The van der Waals surface area contributed by atoms with Crippen molar-refractivity contribution in [3.63, 3.8) is 0 Å². The Hall–Kier alpha value is -2.89. The first-order chi connectivity index (χ1) is 13.9. The number of carboxylic acid groups (broad SMARTS) is 1. The number of nitrogens with zero attached hydrogens (tertiary/aromatic N) is 3. The van der Waals surface area contributed by atoms with Crippen LogP contribution in [0.25, 0.3) is 5.13 Å². The van der Waals surface area contributed by atoms with Crippen LogP contribution in [0.3, 0.4) is 0 Å². The number of hydrogen-bond acceptors (Lipinski definition) is 4. The van der Waals surface area contributed by atoms with Crippen molar-refractivity contribution in [1.82, 2.24) is 14.8 Å². The average Bonchev–Trinajstić information content (AvgIpc) is 3.26. The fraction of sp³-hybridized carbons (Fsp3) is 0.278. The van der Waals surface area contributed by atoms with E-state index in [4.69, 9.17) is 5.11 Å². The summed E-state index contributed by atoms with van der Waals surface area (Å²) in [6, 6.07) is 3.95. The van der Waals surface area contributed by atoms with E-state index >= 15 is 0 Å². The molecule has 0 aliphatic heterocycles. The van der Waals surface area contributed by atoms with Crippen molar-refractivity contribution in [2.45, 2.75) is 32.1 Å². The Morgan fingerprint density at radius 1 is 1.13 bits per heavy atom. The van der Waals surface area contributed by atoms with E-state index in [9.17, 15) is 31.1 Å². The zero-order valence-corrected chi connectivity index (χ0v) is 16.0. The van der Waals surface area contributed by atoms with Gasteiger partial charge in [-0.25, -0.2) is 14.5 Å². The Morgan fingerprint density at radius 3 is 2.43 bits per heavy atom. The SMILES string of the molecule is Cc1ccc(CCc2csc(-n3ncc(C(=O)O)c3C(F)(F)F)n2)cc1C(F)(F)F. The normalized spacial score (nSPS) is 12.4. The van der Waals surface area contributed by atoms with Crippen LogP contribution < -0.4 is 0 Å². The van der Waals surface area contributed by atoms with Crippen molar-refractivity contribution < 1.29 is 36.2 Å². The van der Waals surface area contributed by atoms with Crippen LogP contribution in [0.15, 0.2) is 29.8 Å². The van der Waals surface area contributed by atoms with Gasteiger partial charge in [0.25, 0.3) is 0 Å². The van der Waals surface area contributed by atoms with Crippen LogP contribution in [0.5, 0.6) is 0 Å². The third kappa shape index (κ3) is 4.48. The monoisotopic (exact) mass is 449 g/mol. The van der Waals surface area contributed by atoms with Gasteiger partial charge >= 0.3 is 18.3 Å². The van der Waals surface area contributed by atoms with Crippen LogP contribution in [-0.4, -0.2) is 25.8 Å². The van der Waals surface area contributed by atoms with Crippen molar-refractivity contribution >= 4 is 17.3 Å². The topological polar surface area (TPSA) is 68.0 Å². The summed E-state index contributed by atoms with van der Waals surface area (Å²) in [6.07, 6.45) is -8.48. The van der Waals surface area contributed by atoms with Gasteiger partial charge in [-0.3, -0.25) is 0 Å². The molecule has 0 amide bonds. The number of alkyl halides is 6. The lowest BCUT2D eigenvalue weighted by Gasteiger charge is -2.11. The average molecular weight is 449 g/mol. The highest BCUT2D eigenvalue weighted by atomic mass is 32.1. The fourth-order valence-corrected chi connectivity index (χ4v) is 3.65. The molecule has 0 fully saturated rings. The summed E-state index contributed by atoms with van der Waals surface area (Å²) < 4.78 is 79.3. The molecule has 0 unspecified atom stereocenters. The van der Waals surface area contributed by atoms with Gasteiger partial charge in [-0.15, -0.1) is 11.3 Å². The van der Waals surface area contributed by atoms with E-state index in [1.54, 1.807) is 6.07 Å². The maximum atomic E-state index is 13.3. The molecule has 1 aromatic carbocycles. The van der Waals surface area contributed by atoms with Crippen LogP contribution in [0.4, 0.5) is 26.3 Å². The molecule has 0 bridgehead atoms. The highest BCUT2D eigenvalue weighted by Crippen LogP contribution is 2.35. The predicted octanol–water partition coefficient (Wildman–Crippen LogP) is 5.16. The van der Waals surface area contributed by atoms with E-state index < -0.39 is 35.1 Å². The minimum absolute atomic E-state index is 0.0924. The number of rotatable bonds is 5. The van der Waals surface area contributed by atoms with E-state index in [-0.39, 0.29) is 23.5 Å². The highest BCUT2D eigenvalue weighted by molar-refractivity contribution is 7.12. The minimum atomic E-state index is -4.97. The molecule has 3 aromatic rings. The Bertz CT molecular complexity index is 1080. The summed E-state index contributed by atoms with van der Waals surface area (Å²) in [5.74, 6) is -1.77. The number of carbonyl (C=O) groups is 1. The van der Waals surface area contributed by atoms with Gasteiger partial charge in [0.15, 0.2) is 5.69 Å². The van der Waals surface area contributed by atoms with Gasteiger partial charge < -0.3 is 5.11 Å². The Kier molecular flexibility index (Phi) is 5.63. The van der Waals surface area contributed by atoms with E-state index in [0.29, 0.717) is 22.1 Å². The fourth-order valence-electron chi connectivity index (χ4n) is 2.83. The summed E-state index contributed by atoms with van der Waals surface area (Å²) >= 11 is 0.819. The minimum Gasteiger partial charge on any atom is -0.478 e. The molecule has 160 valence electrons. The molecule has 2 heterocycles. The molecular weight excluding hydrogens is 436 g/mol. The van der Waals surface area contributed by atoms with Crippen LogP contribution in [0, 0.1) is 6.92 Å². The Labute approximate surface area is 169 Å². The van der Waals surface area contributed by atoms with Crippen LogP contribution in [-0.2, 0) is 25.2 Å². The largest absolute Gasteiger partial charge is 0.478 e. The first-order valence-electron chi connectivity index (χ1n) is 8.38. The van der Waals surface area contributed by atoms with Gasteiger partial charge in [-0.1, -0.05) is 12.1 Å². The maximum absolute atomic E-state index is 13.3. The summed E-state index contributed by atoms with van der Waals surface area (Å²) in [5, 5.41) is 13.7. The first-order valence-corrected chi connectivity index (χ1v) is 9.26. The third-order valence-corrected chi connectivity index (χ3v) is 5.13. The number of benzene rings is 1. The predicted molar refractivity (Wildman–Crippen MR) is 94.8 cm³/mol. The molecule has 0 aliphatic rings. The molecule has 0 radical (unpaired) electrons. The van der Waals surface area contributed by atoms with Crippen molar-refractivity contribution in [1.29, 1.82) is 0 Å². The van der Waals surface area contributed by atoms with Crippen molar-refractivity contribution in [3.8, 4) is 5.13 Å². The third-order valence-electron chi connectivity index (χ3n) is 4.27. The van der Waals surface area contributed by atoms with E-state index in [1.165, 1.54) is 18.4 Å². The first kappa shape index (κ1) is 21.8. The molecule has 0 spiro atoms. The molecule has 0 saturated heterocycles. The Balaban J connectivity index is 1.83. The van der Waals surface area contributed by atoms with Gasteiger partial charge in [-0.2, -0.15) is 31.4 Å². The van der Waals surface area contributed by atoms with Gasteiger partial charge in [-0.05, 0) is 37.0 Å². The zero-order chi connectivity index (χ0) is 22.3. The number of carboxylic acids is 1. The number of halogens is 6. The van der Waals surface area contributed by atoms with Gasteiger partial charge in [0.1, 0.15) is 5.56 Å². The van der Waals surface area contributed by atoms with Crippen molar-refractivity contribution in [3.05, 3.63) is 63.4 Å². The second kappa shape index (κ2) is 7.74. The smallest absolute Gasteiger partial charge is 0.434 e. The zero-order valence-electron chi connectivity index (χ0n) is 15.2. The quantitative estimate of drug-likeness (QED) is 0.547. The number of hydrogen-bond donors (Lipinski definition) is 1. The summed E-state index contributed by atoms with van der Waals surface area (Å²) in [7, 11) is 0. The molecule has 30 heavy (non-hydrogen) atoms. The van der Waals surface area contributed by atoms with E-state index in [0.717, 1.165) is 17.4 Å². The van der Waals surface area contributed by atoms with Gasteiger partial charge in [0.2, 0.25) is 5.13 Å². The summed E-state index contributed by atoms with van der Waals surface area (Å²) in [6.45, 7) is 1.35. The number of aryl methyl sites for hydroxylation is 3. The van der Waals surface area contributed by atoms with Gasteiger partial charge in [0.05, 0.1) is 17.5 Å². The second-order valence-electron chi connectivity index (χ2n) is 6.39. The highest BCUT2D eigenvalue weighted by Gasteiger charge is 2.41. The molecule has 12 heteroatoms. The van der Waals surface area contributed by atoms with E-state index in [1.807, 2.05) is 0 Å². The van der Waals surface area contributed by atoms with Crippen molar-refractivity contribution in [2.75, 3.05) is 0 Å². The number of aromatic nitrogens is 3. The lowest BCUT2D eigenvalue weighted by Crippen LogP contribution is -2.17. The lowest BCUT2D eigenvalue weighted by atomic mass is 10.0. The molecular formula is C18H13F6N3O2S. The molecule has 2 aromatic heterocycles. The number of thiazole rings is 1. The van der Waals surface area contributed by atoms with Crippen molar-refractivity contribution in [2.24, 2.45) is 0 Å². The standard InChI is InChI=1S/C18H13F6N3O2S/c1-9-2-3-10(6-13(9)17(19,20)21)4-5-11-8-30-16(26-11)27-14(18(22,23)24)12(7-25-27)15(28)29/h2-3,6-8H,4-5H2,1H3,(H,28,29). The summed E-state index contributed by atoms with van der Waals surface area (Å²) in [5.41, 5.74) is -2.35. The van der Waals surface area contributed by atoms with Crippen LogP contribution in [0.1, 0.15) is 38.4 Å². The molecule has 5 nitrogen and oxygen atoms in total. The van der Waals surface area contributed by atoms with Crippen LogP contribution in [0.2, 0.25) is 0 Å². The van der Waals surface area contributed by atoms with Crippen LogP contribution >= 0.6 is 11.3 Å². The Morgan fingerprint density at radius 2 is 1.83 bits per heavy atom. The molecule has 0 atom stereocenters.